The van der Waals surface area contributed by atoms with Crippen LogP contribution >= 0.6 is 0 Å². The second-order valence-corrected chi connectivity index (χ2v) is 9.46. The van der Waals surface area contributed by atoms with Gasteiger partial charge >= 0.3 is 0 Å². The predicted octanol–water partition coefficient (Wildman–Crippen LogP) is 4.87. The van der Waals surface area contributed by atoms with Gasteiger partial charge in [-0.2, -0.15) is 10.2 Å². The highest BCUT2D eigenvalue weighted by atomic mass is 16.5. The molecule has 1 aromatic carbocycles. The molecular formula is C26H26N6O2. The lowest BCUT2D eigenvalue weighted by atomic mass is 9.93. The number of pyridine rings is 1. The van der Waals surface area contributed by atoms with Gasteiger partial charge < -0.3 is 9.84 Å². The van der Waals surface area contributed by atoms with Crippen LogP contribution in [0.3, 0.4) is 0 Å². The summed E-state index contributed by atoms with van der Waals surface area (Å²) in [5.41, 5.74) is 5.94. The standard InChI is InChI=1S/C26H26N6O2/c1-26(2,3)23-12-24(30-34-23)29-25(33)11-17-5-7-18(8-6-17)21-14-28-32-16-19(9-10-22(21)32)20-13-27-31(4)15-20/h5-10,12-16H,11H2,1-4H3,(H,29,30,33). The van der Waals surface area contributed by atoms with Crippen molar-refractivity contribution in [3.63, 3.8) is 0 Å². The van der Waals surface area contributed by atoms with Gasteiger partial charge in [-0.3, -0.25) is 9.48 Å². The fourth-order valence-electron chi connectivity index (χ4n) is 3.81. The van der Waals surface area contributed by atoms with E-state index in [1.54, 1.807) is 10.7 Å². The molecule has 1 amide bonds. The minimum atomic E-state index is -0.162. The number of fused-ring (bicyclic) bond motifs is 1. The molecule has 8 nitrogen and oxygen atoms in total. The van der Waals surface area contributed by atoms with E-state index in [-0.39, 0.29) is 17.7 Å². The maximum Gasteiger partial charge on any atom is 0.230 e. The highest BCUT2D eigenvalue weighted by Gasteiger charge is 2.20. The van der Waals surface area contributed by atoms with Crippen molar-refractivity contribution in [1.82, 2.24) is 24.6 Å². The normalized spacial score (nSPS) is 11.8. The minimum Gasteiger partial charge on any atom is -0.359 e. The first kappa shape index (κ1) is 21.6. The number of amides is 1. The molecule has 4 heterocycles. The fourth-order valence-corrected chi connectivity index (χ4v) is 3.81. The van der Waals surface area contributed by atoms with Crippen LogP contribution in [0.15, 0.2) is 71.8 Å². The molecule has 0 unspecified atom stereocenters. The van der Waals surface area contributed by atoms with Gasteiger partial charge in [0.15, 0.2) is 5.82 Å². The lowest BCUT2D eigenvalue weighted by Gasteiger charge is -2.12. The number of carbonyl (C=O) groups is 1. The number of hydrogen-bond donors (Lipinski definition) is 1. The van der Waals surface area contributed by atoms with E-state index in [0.29, 0.717) is 5.82 Å². The zero-order valence-electron chi connectivity index (χ0n) is 19.6. The summed E-state index contributed by atoms with van der Waals surface area (Å²) in [6.45, 7) is 6.10. The molecule has 0 fully saturated rings. The molecule has 0 radical (unpaired) electrons. The molecule has 4 aromatic heterocycles. The van der Waals surface area contributed by atoms with Gasteiger partial charge in [0.1, 0.15) is 5.76 Å². The van der Waals surface area contributed by atoms with Crippen LogP contribution in [0.4, 0.5) is 5.82 Å². The third kappa shape index (κ3) is 4.34. The number of rotatable bonds is 5. The van der Waals surface area contributed by atoms with Crippen molar-refractivity contribution in [1.29, 1.82) is 0 Å². The summed E-state index contributed by atoms with van der Waals surface area (Å²) in [4.78, 5) is 12.5. The van der Waals surface area contributed by atoms with E-state index in [1.165, 1.54) is 0 Å². The SMILES string of the molecule is Cn1cc(-c2ccc3c(-c4ccc(CC(=O)Nc5cc(C(C)(C)C)on5)cc4)cnn3c2)cn1. The summed E-state index contributed by atoms with van der Waals surface area (Å²) in [6, 6.07) is 13.9. The Morgan fingerprint density at radius 1 is 0.971 bits per heavy atom. The van der Waals surface area contributed by atoms with E-state index < -0.39 is 0 Å². The summed E-state index contributed by atoms with van der Waals surface area (Å²) < 4.78 is 8.99. The van der Waals surface area contributed by atoms with Crippen LogP contribution < -0.4 is 5.32 Å². The summed E-state index contributed by atoms with van der Waals surface area (Å²) >= 11 is 0. The van der Waals surface area contributed by atoms with Gasteiger partial charge in [-0.05, 0) is 17.2 Å². The van der Waals surface area contributed by atoms with Gasteiger partial charge in [0.05, 0.1) is 24.3 Å². The first-order valence-electron chi connectivity index (χ1n) is 11.1. The van der Waals surface area contributed by atoms with Gasteiger partial charge in [0.25, 0.3) is 0 Å². The summed E-state index contributed by atoms with van der Waals surface area (Å²) in [7, 11) is 1.90. The first-order chi connectivity index (χ1) is 16.3. The fraction of sp³-hybridized carbons (Fsp3) is 0.231. The van der Waals surface area contributed by atoms with Crippen molar-refractivity contribution >= 4 is 17.2 Å². The molecular weight excluding hydrogens is 428 g/mol. The van der Waals surface area contributed by atoms with Crippen LogP contribution in [-0.2, 0) is 23.7 Å². The third-order valence-electron chi connectivity index (χ3n) is 5.70. The maximum absolute atomic E-state index is 12.5. The van der Waals surface area contributed by atoms with Crippen LogP contribution in [0.5, 0.6) is 0 Å². The second kappa shape index (κ2) is 8.30. The van der Waals surface area contributed by atoms with E-state index in [9.17, 15) is 4.79 Å². The Bertz CT molecular complexity index is 1470. The number of aromatic nitrogens is 5. The zero-order chi connectivity index (χ0) is 23.9. The summed E-state index contributed by atoms with van der Waals surface area (Å²) in [5.74, 6) is 1.03. The highest BCUT2D eigenvalue weighted by Crippen LogP contribution is 2.28. The Balaban J connectivity index is 1.29. The van der Waals surface area contributed by atoms with Crippen molar-refractivity contribution in [2.45, 2.75) is 32.6 Å². The van der Waals surface area contributed by atoms with E-state index in [0.717, 1.165) is 39.1 Å². The first-order valence-corrected chi connectivity index (χ1v) is 11.1. The number of aryl methyl sites for hydroxylation is 1. The van der Waals surface area contributed by atoms with Gasteiger partial charge in [0, 0.05) is 47.6 Å². The molecule has 0 aliphatic heterocycles. The molecule has 5 aromatic rings. The van der Waals surface area contributed by atoms with Crippen LogP contribution in [0.2, 0.25) is 0 Å². The molecule has 34 heavy (non-hydrogen) atoms. The number of anilines is 1. The summed E-state index contributed by atoms with van der Waals surface area (Å²) in [6.07, 6.45) is 7.94. The van der Waals surface area contributed by atoms with Crippen molar-refractivity contribution in [2.75, 3.05) is 5.32 Å². The molecule has 0 saturated carbocycles. The molecule has 172 valence electrons. The molecule has 5 rings (SSSR count). The van der Waals surface area contributed by atoms with Gasteiger partial charge in [-0.25, -0.2) is 4.52 Å². The average Bonchev–Trinajstić information content (AvgIpc) is 3.53. The summed E-state index contributed by atoms with van der Waals surface area (Å²) in [5, 5.41) is 15.5. The molecule has 0 atom stereocenters. The lowest BCUT2D eigenvalue weighted by Crippen LogP contribution is -2.14. The quantitative estimate of drug-likeness (QED) is 0.409. The second-order valence-electron chi connectivity index (χ2n) is 9.46. The monoisotopic (exact) mass is 454 g/mol. The van der Waals surface area contributed by atoms with Gasteiger partial charge in [-0.15, -0.1) is 0 Å². The Morgan fingerprint density at radius 2 is 1.74 bits per heavy atom. The minimum absolute atomic E-state index is 0.138. The van der Waals surface area contributed by atoms with Crippen LogP contribution in [0, 0.1) is 0 Å². The zero-order valence-corrected chi connectivity index (χ0v) is 19.6. The number of nitrogens with one attached hydrogen (secondary N) is 1. The van der Waals surface area contributed by atoms with E-state index in [2.05, 4.69) is 32.8 Å². The van der Waals surface area contributed by atoms with Crippen molar-refractivity contribution in [2.24, 2.45) is 7.05 Å². The van der Waals surface area contributed by atoms with Crippen LogP contribution in [0.25, 0.3) is 27.8 Å². The smallest absolute Gasteiger partial charge is 0.230 e. The number of nitrogens with zero attached hydrogens (tertiary/aromatic N) is 5. The topological polar surface area (TPSA) is 90.2 Å². The Hall–Kier alpha value is -4.20. The largest absolute Gasteiger partial charge is 0.359 e. The Morgan fingerprint density at radius 3 is 2.41 bits per heavy atom. The van der Waals surface area contributed by atoms with Crippen LogP contribution in [0.1, 0.15) is 32.1 Å². The van der Waals surface area contributed by atoms with E-state index in [1.807, 2.05) is 81.4 Å². The molecule has 1 N–H and O–H groups in total. The molecule has 0 aliphatic carbocycles. The Kier molecular flexibility index (Phi) is 5.28. The van der Waals surface area contributed by atoms with E-state index >= 15 is 0 Å². The van der Waals surface area contributed by atoms with Crippen molar-refractivity contribution < 1.29 is 9.32 Å². The van der Waals surface area contributed by atoms with Gasteiger partial charge in [-0.1, -0.05) is 56.3 Å². The molecule has 0 spiro atoms. The predicted molar refractivity (Wildman–Crippen MR) is 130 cm³/mol. The molecule has 0 saturated heterocycles. The third-order valence-corrected chi connectivity index (χ3v) is 5.70. The van der Waals surface area contributed by atoms with Crippen molar-refractivity contribution in [3.8, 4) is 22.3 Å². The molecule has 0 bridgehead atoms. The number of carbonyl (C=O) groups excluding carboxylic acids is 1. The lowest BCUT2D eigenvalue weighted by molar-refractivity contribution is -0.115. The number of benzene rings is 1. The van der Waals surface area contributed by atoms with Crippen LogP contribution in [-0.4, -0.2) is 30.5 Å². The van der Waals surface area contributed by atoms with E-state index in [4.69, 9.17) is 4.52 Å². The van der Waals surface area contributed by atoms with Crippen molar-refractivity contribution in [3.05, 3.63) is 78.6 Å². The maximum atomic E-state index is 12.5. The number of hydrogen-bond acceptors (Lipinski definition) is 5. The highest BCUT2D eigenvalue weighted by molar-refractivity contribution is 5.91. The molecule has 8 heteroatoms. The van der Waals surface area contributed by atoms with Gasteiger partial charge in [0.2, 0.25) is 5.91 Å². The average molecular weight is 455 g/mol. The molecule has 0 aliphatic rings. The Labute approximate surface area is 197 Å².